The maximum atomic E-state index is 12.9. The number of esters is 4. The normalized spacial score (nSPS) is 27.0. The summed E-state index contributed by atoms with van der Waals surface area (Å²) in [5, 5.41) is 20.9. The standard InChI is InChI=1S/C33H45NO11/c1-5-29(37)44-27-13-8-22(16-25(27)35)18-42-31(39)20(2)33(3,34)32(40)43-19-23-9-14-28(26(36)17-23)45-30(38)15-10-21-6-11-24(41-4)12-7-21/h5-7,10-12,15,20,22-23,25-28,35-36H,1,8-9,13-14,16-19,34H2,2-4H3/b15-10+/t20?,22?,23?,25?,26?,27?,28?,33-/m0/s1. The summed E-state index contributed by atoms with van der Waals surface area (Å²) < 4.78 is 26.6. The van der Waals surface area contributed by atoms with Gasteiger partial charge in [-0.15, -0.1) is 0 Å². The van der Waals surface area contributed by atoms with Gasteiger partial charge in [0.25, 0.3) is 0 Å². The van der Waals surface area contributed by atoms with Crippen molar-refractivity contribution in [3.8, 4) is 5.75 Å². The molecule has 4 N–H and O–H groups in total. The summed E-state index contributed by atoms with van der Waals surface area (Å²) in [4.78, 5) is 49.3. The molecule has 2 saturated carbocycles. The monoisotopic (exact) mass is 631 g/mol. The molecule has 0 heterocycles. The molecule has 2 aliphatic carbocycles. The van der Waals surface area contributed by atoms with E-state index in [0.717, 1.165) is 11.6 Å². The number of carbonyl (C=O) groups is 4. The molecule has 12 heteroatoms. The summed E-state index contributed by atoms with van der Waals surface area (Å²) in [5.41, 5.74) is 5.35. The molecular weight excluding hydrogens is 586 g/mol. The number of methoxy groups -OCH3 is 1. The van der Waals surface area contributed by atoms with Crippen molar-refractivity contribution < 1.29 is 53.1 Å². The number of nitrogens with two attached hydrogens (primary N) is 1. The molecule has 248 valence electrons. The number of benzene rings is 1. The van der Waals surface area contributed by atoms with E-state index in [9.17, 15) is 29.4 Å². The first-order valence-electron chi connectivity index (χ1n) is 15.2. The van der Waals surface area contributed by atoms with Gasteiger partial charge in [0.2, 0.25) is 0 Å². The van der Waals surface area contributed by atoms with E-state index in [-0.39, 0.29) is 37.9 Å². The Morgan fingerprint density at radius 3 is 1.98 bits per heavy atom. The number of carbonyl (C=O) groups excluding carboxylic acids is 4. The van der Waals surface area contributed by atoms with Crippen LogP contribution in [0.1, 0.15) is 57.9 Å². The maximum absolute atomic E-state index is 12.9. The summed E-state index contributed by atoms with van der Waals surface area (Å²) in [6.07, 6.45) is 3.28. The third-order valence-electron chi connectivity index (χ3n) is 8.56. The molecule has 2 fully saturated rings. The van der Waals surface area contributed by atoms with Crippen molar-refractivity contribution in [2.75, 3.05) is 20.3 Å². The second-order valence-corrected chi connectivity index (χ2v) is 12.0. The second kappa shape index (κ2) is 16.5. The van der Waals surface area contributed by atoms with Gasteiger partial charge in [0.15, 0.2) is 0 Å². The van der Waals surface area contributed by atoms with Crippen LogP contribution in [0.5, 0.6) is 5.75 Å². The Hall–Kier alpha value is -3.74. The fourth-order valence-electron chi connectivity index (χ4n) is 5.35. The Balaban J connectivity index is 1.38. The van der Waals surface area contributed by atoms with Crippen molar-refractivity contribution in [3.05, 3.63) is 48.6 Å². The minimum Gasteiger partial charge on any atom is -0.497 e. The summed E-state index contributed by atoms with van der Waals surface area (Å²) >= 11 is 0. The van der Waals surface area contributed by atoms with Gasteiger partial charge < -0.3 is 39.6 Å². The average molecular weight is 632 g/mol. The number of ether oxygens (including phenoxy) is 5. The van der Waals surface area contributed by atoms with Crippen LogP contribution < -0.4 is 10.5 Å². The lowest BCUT2D eigenvalue weighted by molar-refractivity contribution is -0.165. The molecule has 8 atom stereocenters. The van der Waals surface area contributed by atoms with Crippen LogP contribution >= 0.6 is 0 Å². The molecule has 1 aromatic carbocycles. The fourth-order valence-corrected chi connectivity index (χ4v) is 5.35. The van der Waals surface area contributed by atoms with E-state index < -0.39 is 59.7 Å². The van der Waals surface area contributed by atoms with Crippen LogP contribution in [0.2, 0.25) is 0 Å². The van der Waals surface area contributed by atoms with E-state index in [2.05, 4.69) is 6.58 Å². The zero-order valence-corrected chi connectivity index (χ0v) is 26.1. The lowest BCUT2D eigenvalue weighted by atomic mass is 9.85. The van der Waals surface area contributed by atoms with Crippen LogP contribution in [-0.4, -0.2) is 84.4 Å². The molecule has 0 spiro atoms. The predicted molar refractivity (Wildman–Crippen MR) is 162 cm³/mol. The van der Waals surface area contributed by atoms with E-state index in [1.165, 1.54) is 19.9 Å². The Morgan fingerprint density at radius 2 is 1.47 bits per heavy atom. The summed E-state index contributed by atoms with van der Waals surface area (Å²) in [6, 6.07) is 7.14. The van der Waals surface area contributed by atoms with Crippen molar-refractivity contribution in [2.24, 2.45) is 23.5 Å². The van der Waals surface area contributed by atoms with E-state index >= 15 is 0 Å². The van der Waals surface area contributed by atoms with Crippen LogP contribution in [0.15, 0.2) is 43.0 Å². The van der Waals surface area contributed by atoms with Crippen LogP contribution in [0.3, 0.4) is 0 Å². The summed E-state index contributed by atoms with van der Waals surface area (Å²) in [5.74, 6) is -3.28. The highest BCUT2D eigenvalue weighted by Crippen LogP contribution is 2.30. The molecule has 0 aromatic heterocycles. The SMILES string of the molecule is C=CC(=O)OC1CCC(COC(=O)C(C)[C@](C)(N)C(=O)OCC2CCC(OC(=O)/C=C/c3ccc(OC)cc3)C(O)C2)CC1O. The number of rotatable bonds is 13. The molecule has 0 saturated heterocycles. The summed E-state index contributed by atoms with van der Waals surface area (Å²) in [6.45, 7) is 6.23. The van der Waals surface area contributed by atoms with Crippen LogP contribution in [0.4, 0.5) is 0 Å². The topological polar surface area (TPSA) is 181 Å². The van der Waals surface area contributed by atoms with Crippen molar-refractivity contribution >= 4 is 30.0 Å². The van der Waals surface area contributed by atoms with E-state index in [4.69, 9.17) is 29.4 Å². The third kappa shape index (κ3) is 10.4. The molecule has 7 unspecified atom stereocenters. The Morgan fingerprint density at radius 1 is 0.933 bits per heavy atom. The van der Waals surface area contributed by atoms with Gasteiger partial charge in [0, 0.05) is 12.2 Å². The first-order chi connectivity index (χ1) is 21.3. The van der Waals surface area contributed by atoms with E-state index in [1.807, 2.05) is 0 Å². The highest BCUT2D eigenvalue weighted by molar-refractivity contribution is 5.88. The lowest BCUT2D eigenvalue weighted by Crippen LogP contribution is -2.54. The van der Waals surface area contributed by atoms with E-state index in [1.54, 1.807) is 37.5 Å². The average Bonchev–Trinajstić information content (AvgIpc) is 3.03. The largest absolute Gasteiger partial charge is 0.497 e. The van der Waals surface area contributed by atoms with Gasteiger partial charge in [-0.25, -0.2) is 9.59 Å². The molecular formula is C33H45NO11. The van der Waals surface area contributed by atoms with Gasteiger partial charge in [-0.1, -0.05) is 18.7 Å². The van der Waals surface area contributed by atoms with Crippen LogP contribution in [-0.2, 0) is 38.1 Å². The zero-order chi connectivity index (χ0) is 33.1. The second-order valence-electron chi connectivity index (χ2n) is 12.0. The van der Waals surface area contributed by atoms with Gasteiger partial charge in [0.1, 0.15) is 23.5 Å². The molecule has 2 aliphatic rings. The highest BCUT2D eigenvalue weighted by Gasteiger charge is 2.43. The minimum atomic E-state index is -1.67. The Labute approximate surface area is 263 Å². The highest BCUT2D eigenvalue weighted by atomic mass is 16.6. The first kappa shape index (κ1) is 35.7. The molecule has 0 bridgehead atoms. The summed E-state index contributed by atoms with van der Waals surface area (Å²) in [7, 11) is 1.57. The lowest BCUT2D eigenvalue weighted by Gasteiger charge is -2.34. The molecule has 0 radical (unpaired) electrons. The number of hydrogen-bond acceptors (Lipinski definition) is 12. The number of hydrogen-bond donors (Lipinski definition) is 3. The van der Waals surface area contributed by atoms with Crippen molar-refractivity contribution in [2.45, 2.75) is 82.3 Å². The Bertz CT molecular complexity index is 1210. The van der Waals surface area contributed by atoms with Crippen molar-refractivity contribution in [1.82, 2.24) is 0 Å². The molecule has 0 aliphatic heterocycles. The van der Waals surface area contributed by atoms with Gasteiger partial charge in [0.05, 0.1) is 38.4 Å². The number of aliphatic hydroxyl groups excluding tert-OH is 2. The maximum Gasteiger partial charge on any atom is 0.331 e. The molecule has 0 amide bonds. The smallest absolute Gasteiger partial charge is 0.331 e. The van der Waals surface area contributed by atoms with Gasteiger partial charge >= 0.3 is 23.9 Å². The van der Waals surface area contributed by atoms with Gasteiger partial charge in [-0.3, -0.25) is 9.59 Å². The Kier molecular flexibility index (Phi) is 13.1. The van der Waals surface area contributed by atoms with Crippen molar-refractivity contribution in [3.63, 3.8) is 0 Å². The molecule has 1 aromatic rings. The van der Waals surface area contributed by atoms with E-state index in [0.29, 0.717) is 31.4 Å². The molecule has 3 rings (SSSR count). The van der Waals surface area contributed by atoms with Gasteiger partial charge in [-0.2, -0.15) is 0 Å². The third-order valence-corrected chi connectivity index (χ3v) is 8.56. The number of aliphatic hydroxyl groups is 2. The zero-order valence-electron chi connectivity index (χ0n) is 26.1. The van der Waals surface area contributed by atoms with Crippen molar-refractivity contribution in [1.29, 1.82) is 0 Å². The minimum absolute atomic E-state index is 0.0138. The predicted octanol–water partition coefficient (Wildman–Crippen LogP) is 2.48. The van der Waals surface area contributed by atoms with Gasteiger partial charge in [-0.05, 0) is 88.0 Å². The first-order valence-corrected chi connectivity index (χ1v) is 15.2. The molecule has 45 heavy (non-hydrogen) atoms. The molecule has 12 nitrogen and oxygen atoms in total. The fraction of sp³-hybridized carbons (Fsp3) is 0.576. The van der Waals surface area contributed by atoms with Crippen LogP contribution in [0.25, 0.3) is 6.08 Å². The van der Waals surface area contributed by atoms with Crippen LogP contribution in [0, 0.1) is 17.8 Å². The quantitative estimate of drug-likeness (QED) is 0.165.